The first-order valence-electron chi connectivity index (χ1n) is 22.9. The second kappa shape index (κ2) is 43.8. The number of carboxylic acid groups (broad SMARTS) is 1. The number of carbonyl (C=O) groups excluding carboxylic acids is 2. The lowest BCUT2D eigenvalue weighted by atomic mass is 10.1. The van der Waals surface area contributed by atoms with Gasteiger partial charge in [0.2, 0.25) is 0 Å². The van der Waals surface area contributed by atoms with Crippen LogP contribution in [-0.2, 0) is 37.5 Å². The maximum Gasteiger partial charge on any atom is 0.472 e. The van der Waals surface area contributed by atoms with Gasteiger partial charge in [-0.15, -0.1) is 0 Å². The quantitative estimate of drug-likeness (QED) is 0.0231. The summed E-state index contributed by atoms with van der Waals surface area (Å²) in [6.07, 6.45) is 57.3. The van der Waals surface area contributed by atoms with Gasteiger partial charge in [0.25, 0.3) is 0 Å². The van der Waals surface area contributed by atoms with Crippen molar-refractivity contribution < 1.29 is 47.5 Å². The molecule has 62 heavy (non-hydrogen) atoms. The third-order valence-corrected chi connectivity index (χ3v) is 9.96. The fourth-order valence-electron chi connectivity index (χ4n) is 5.38. The Hall–Kier alpha value is -3.86. The molecule has 12 heteroatoms. The summed E-state index contributed by atoms with van der Waals surface area (Å²) in [6, 6.07) is -1.54. The molecule has 0 aromatic carbocycles. The zero-order valence-corrected chi connectivity index (χ0v) is 38.8. The van der Waals surface area contributed by atoms with Crippen LogP contribution < -0.4 is 5.73 Å². The van der Waals surface area contributed by atoms with Crippen molar-refractivity contribution in [3.05, 3.63) is 109 Å². The van der Waals surface area contributed by atoms with Crippen LogP contribution in [0.2, 0.25) is 0 Å². The van der Waals surface area contributed by atoms with Gasteiger partial charge in [0.15, 0.2) is 6.10 Å². The van der Waals surface area contributed by atoms with Crippen LogP contribution in [0.25, 0.3) is 0 Å². The molecule has 4 N–H and O–H groups in total. The molecule has 350 valence electrons. The number of esters is 2. The van der Waals surface area contributed by atoms with E-state index in [-0.39, 0.29) is 12.8 Å². The minimum absolute atomic E-state index is 0.0236. The topological polar surface area (TPSA) is 172 Å². The van der Waals surface area contributed by atoms with Crippen LogP contribution in [0.15, 0.2) is 109 Å². The molecule has 0 aromatic rings. The number of phosphoric ester groups is 1. The van der Waals surface area contributed by atoms with Crippen molar-refractivity contribution in [1.29, 1.82) is 0 Å². The van der Waals surface area contributed by atoms with Gasteiger partial charge in [-0.3, -0.25) is 23.4 Å². The highest BCUT2D eigenvalue weighted by Crippen LogP contribution is 2.43. The van der Waals surface area contributed by atoms with E-state index in [9.17, 15) is 23.8 Å². The van der Waals surface area contributed by atoms with E-state index in [1.807, 2.05) is 18.2 Å². The summed E-state index contributed by atoms with van der Waals surface area (Å²) in [6.45, 7) is 2.62. The van der Waals surface area contributed by atoms with Crippen molar-refractivity contribution in [2.75, 3.05) is 19.8 Å². The van der Waals surface area contributed by atoms with E-state index in [1.165, 1.54) is 44.9 Å². The maximum atomic E-state index is 12.6. The highest BCUT2D eigenvalue weighted by atomic mass is 31.2. The Bertz CT molecular complexity index is 1460. The van der Waals surface area contributed by atoms with Crippen molar-refractivity contribution in [2.24, 2.45) is 5.73 Å². The van der Waals surface area contributed by atoms with Gasteiger partial charge in [0.05, 0.1) is 13.2 Å². The molecule has 0 spiro atoms. The highest BCUT2D eigenvalue weighted by molar-refractivity contribution is 7.47. The van der Waals surface area contributed by atoms with Crippen LogP contribution in [0, 0.1) is 0 Å². The van der Waals surface area contributed by atoms with E-state index in [2.05, 4.69) is 110 Å². The predicted octanol–water partition coefficient (Wildman–Crippen LogP) is 12.6. The summed E-state index contributed by atoms with van der Waals surface area (Å²) >= 11 is 0. The molecule has 0 bridgehead atoms. The van der Waals surface area contributed by atoms with E-state index in [0.717, 1.165) is 64.2 Å². The Balaban J connectivity index is 4.55. The summed E-state index contributed by atoms with van der Waals surface area (Å²) in [5, 5.41) is 8.90. The van der Waals surface area contributed by atoms with Crippen LogP contribution in [-0.4, -0.2) is 59.9 Å². The minimum atomic E-state index is -4.75. The van der Waals surface area contributed by atoms with Crippen LogP contribution in [0.1, 0.15) is 155 Å². The number of unbranched alkanes of at least 4 members (excludes halogenated alkanes) is 9. The molecule has 0 radical (unpaired) electrons. The minimum Gasteiger partial charge on any atom is -0.480 e. The van der Waals surface area contributed by atoms with Gasteiger partial charge >= 0.3 is 25.7 Å². The number of phosphoric acid groups is 1. The first kappa shape index (κ1) is 58.1. The molecule has 11 nitrogen and oxygen atoms in total. The van der Waals surface area contributed by atoms with Gasteiger partial charge in [-0.05, 0) is 96.3 Å². The standard InChI is InChI=1S/C50H80NO10P/c1-3-5-7-9-11-13-15-17-19-21-23-25-27-29-31-33-35-37-39-41-48(52)58-43-46(44-59-62(56,57)60-45-47(51)50(54)55)61-49(53)42-40-38-36-34-32-30-28-26-24-22-20-18-16-14-12-10-8-6-4-2/h11-14,17-20,23-26,29-32,36,38,46-47H,3-10,15-16,21-22,27-28,33-35,37,39-45,51H2,1-2H3,(H,54,55)(H,56,57)/b13-11+,14-12+,19-17+,20-18+,25-23+,26-24+,31-29+,32-30+,38-36+/t46-,47+/m1/s1. The zero-order chi connectivity index (χ0) is 45.6. The molecule has 0 aliphatic rings. The van der Waals surface area contributed by atoms with Crippen molar-refractivity contribution in [3.8, 4) is 0 Å². The lowest BCUT2D eigenvalue weighted by Gasteiger charge is -2.20. The van der Waals surface area contributed by atoms with Crippen molar-refractivity contribution in [2.45, 2.75) is 167 Å². The molecule has 0 aromatic heterocycles. The maximum absolute atomic E-state index is 12.6. The van der Waals surface area contributed by atoms with Crippen molar-refractivity contribution >= 4 is 25.7 Å². The summed E-state index contributed by atoms with van der Waals surface area (Å²) in [5.41, 5.74) is 5.33. The smallest absolute Gasteiger partial charge is 0.472 e. The third kappa shape index (κ3) is 42.8. The molecular formula is C50H80NO10P. The van der Waals surface area contributed by atoms with E-state index in [1.54, 1.807) is 0 Å². The Morgan fingerprint density at radius 1 is 0.500 bits per heavy atom. The van der Waals surface area contributed by atoms with Crippen molar-refractivity contribution in [3.63, 3.8) is 0 Å². The first-order chi connectivity index (χ1) is 30.1. The van der Waals surface area contributed by atoms with Gasteiger partial charge in [0.1, 0.15) is 12.6 Å². The monoisotopic (exact) mass is 886 g/mol. The van der Waals surface area contributed by atoms with E-state index in [4.69, 9.17) is 24.8 Å². The molecule has 0 fully saturated rings. The fourth-order valence-corrected chi connectivity index (χ4v) is 6.16. The summed E-state index contributed by atoms with van der Waals surface area (Å²) in [7, 11) is -4.75. The zero-order valence-electron chi connectivity index (χ0n) is 37.9. The van der Waals surface area contributed by atoms with Crippen molar-refractivity contribution in [1.82, 2.24) is 0 Å². The molecule has 0 heterocycles. The molecule has 0 saturated heterocycles. The number of ether oxygens (including phenoxy) is 2. The second-order valence-corrected chi connectivity index (χ2v) is 16.3. The summed E-state index contributed by atoms with van der Waals surface area (Å²) in [5.74, 6) is -2.54. The Morgan fingerprint density at radius 2 is 0.887 bits per heavy atom. The molecule has 0 rings (SSSR count). The molecule has 0 aliphatic heterocycles. The van der Waals surface area contributed by atoms with Gasteiger partial charge in [0, 0.05) is 12.8 Å². The van der Waals surface area contributed by atoms with Crippen LogP contribution in [0.4, 0.5) is 0 Å². The van der Waals surface area contributed by atoms with Gasteiger partial charge in [-0.25, -0.2) is 4.57 Å². The Kier molecular flexibility index (Phi) is 41.0. The van der Waals surface area contributed by atoms with E-state index >= 15 is 0 Å². The number of carbonyl (C=O) groups is 3. The molecule has 3 atom stereocenters. The second-order valence-electron chi connectivity index (χ2n) is 14.8. The lowest BCUT2D eigenvalue weighted by molar-refractivity contribution is -0.161. The number of hydrogen-bond donors (Lipinski definition) is 3. The van der Waals surface area contributed by atoms with E-state index < -0.39 is 57.7 Å². The average molecular weight is 886 g/mol. The number of nitrogens with two attached hydrogens (primary N) is 1. The average Bonchev–Trinajstić information content (AvgIpc) is 3.25. The normalized spacial score (nSPS) is 14.6. The largest absolute Gasteiger partial charge is 0.480 e. The van der Waals surface area contributed by atoms with Crippen LogP contribution in [0.5, 0.6) is 0 Å². The Labute approximate surface area is 374 Å². The highest BCUT2D eigenvalue weighted by Gasteiger charge is 2.28. The predicted molar refractivity (Wildman–Crippen MR) is 253 cm³/mol. The molecule has 0 aliphatic carbocycles. The Morgan fingerprint density at radius 3 is 1.31 bits per heavy atom. The SMILES string of the molecule is CCCCC/C=C/C/C=C/C/C=C/C/C=C/C/C=C/CCC(=O)O[C@H](COC(=O)CCCCC/C=C/C/C=C/C/C=C/C/C=C/CCCCC)COP(=O)(O)OC[C@H](N)C(=O)O. The first-order valence-corrected chi connectivity index (χ1v) is 24.4. The van der Waals surface area contributed by atoms with Crippen LogP contribution >= 0.6 is 7.82 Å². The summed E-state index contributed by atoms with van der Waals surface area (Å²) in [4.78, 5) is 46.0. The molecule has 0 saturated carbocycles. The molecule has 1 unspecified atom stereocenters. The van der Waals surface area contributed by atoms with Gasteiger partial charge < -0.3 is 25.2 Å². The molecule has 0 amide bonds. The number of rotatable bonds is 41. The van der Waals surface area contributed by atoms with Gasteiger partial charge in [-0.1, -0.05) is 155 Å². The fraction of sp³-hybridized carbons (Fsp3) is 0.580. The third-order valence-electron chi connectivity index (χ3n) is 9.01. The van der Waals surface area contributed by atoms with E-state index in [0.29, 0.717) is 19.3 Å². The number of carboxylic acids is 1. The number of allylic oxidation sites excluding steroid dienone is 18. The van der Waals surface area contributed by atoms with Crippen LogP contribution in [0.3, 0.4) is 0 Å². The van der Waals surface area contributed by atoms with Gasteiger partial charge in [-0.2, -0.15) is 0 Å². The lowest BCUT2D eigenvalue weighted by Crippen LogP contribution is -2.34. The number of hydrogen-bond acceptors (Lipinski definition) is 9. The number of aliphatic carboxylic acids is 1. The molecular weight excluding hydrogens is 806 g/mol. The summed E-state index contributed by atoms with van der Waals surface area (Å²) < 4.78 is 32.6.